The van der Waals surface area contributed by atoms with E-state index in [2.05, 4.69) is 5.32 Å². The normalized spacial score (nSPS) is 21.2. The molecule has 1 unspecified atom stereocenters. The van der Waals surface area contributed by atoms with Crippen molar-refractivity contribution in [1.82, 2.24) is 10.2 Å². The molecule has 0 aromatic rings. The first-order chi connectivity index (χ1) is 7.76. The molecule has 17 heavy (non-hydrogen) atoms. The number of aliphatic hydroxyl groups excluding tert-OH is 1. The van der Waals surface area contributed by atoms with Gasteiger partial charge in [0.2, 0.25) is 11.8 Å². The van der Waals surface area contributed by atoms with E-state index < -0.39 is 5.54 Å². The van der Waals surface area contributed by atoms with Crippen molar-refractivity contribution in [3.8, 4) is 0 Å². The Hall–Kier alpha value is -1.10. The fraction of sp³-hybridized carbons (Fsp3) is 0.833. The summed E-state index contributed by atoms with van der Waals surface area (Å²) in [6.45, 7) is 7.74. The summed E-state index contributed by atoms with van der Waals surface area (Å²) in [6.07, 6.45) is 0.269. The minimum atomic E-state index is -0.634. The quantitative estimate of drug-likeness (QED) is 0.736. The molecule has 1 saturated heterocycles. The average molecular weight is 242 g/mol. The van der Waals surface area contributed by atoms with Crippen molar-refractivity contribution in [1.29, 1.82) is 0 Å². The Kier molecular flexibility index (Phi) is 4.14. The lowest BCUT2D eigenvalue weighted by atomic mass is 10.0. The first-order valence-corrected chi connectivity index (χ1v) is 5.99. The zero-order chi connectivity index (χ0) is 13.2. The van der Waals surface area contributed by atoms with Crippen LogP contribution in [0.15, 0.2) is 0 Å². The van der Waals surface area contributed by atoms with Crippen LogP contribution in [0.2, 0.25) is 0 Å². The zero-order valence-corrected chi connectivity index (χ0v) is 11.0. The van der Waals surface area contributed by atoms with Gasteiger partial charge in [0.05, 0.1) is 18.1 Å². The number of likely N-dealkylation sites (tertiary alicyclic amines) is 1. The van der Waals surface area contributed by atoms with Crippen LogP contribution in [0.3, 0.4) is 0 Å². The summed E-state index contributed by atoms with van der Waals surface area (Å²) in [5.41, 5.74) is -0.634. The van der Waals surface area contributed by atoms with E-state index in [4.69, 9.17) is 5.11 Å². The molecule has 98 valence electrons. The maximum atomic E-state index is 11.9. The van der Waals surface area contributed by atoms with E-state index in [9.17, 15) is 9.59 Å². The van der Waals surface area contributed by atoms with E-state index in [1.54, 1.807) is 18.7 Å². The van der Waals surface area contributed by atoms with E-state index in [-0.39, 0.29) is 36.8 Å². The second kappa shape index (κ2) is 5.04. The van der Waals surface area contributed by atoms with Crippen molar-refractivity contribution in [3.05, 3.63) is 0 Å². The second-order valence-corrected chi connectivity index (χ2v) is 5.57. The van der Waals surface area contributed by atoms with Crippen LogP contribution in [-0.2, 0) is 9.59 Å². The molecular formula is C12H22N2O3. The van der Waals surface area contributed by atoms with Gasteiger partial charge in [-0.2, -0.15) is 0 Å². The number of carbonyl (C=O) groups is 2. The van der Waals surface area contributed by atoms with Gasteiger partial charge in [0.25, 0.3) is 0 Å². The van der Waals surface area contributed by atoms with Gasteiger partial charge in [0.15, 0.2) is 0 Å². The van der Waals surface area contributed by atoms with Crippen molar-refractivity contribution in [3.63, 3.8) is 0 Å². The zero-order valence-electron chi connectivity index (χ0n) is 11.0. The highest BCUT2D eigenvalue weighted by atomic mass is 16.3. The highest BCUT2D eigenvalue weighted by Crippen LogP contribution is 2.20. The predicted molar refractivity (Wildman–Crippen MR) is 64.3 cm³/mol. The SMILES string of the molecule is CC(C)N1CC(C(=O)NC(C)(C)CO)CC1=O. The Labute approximate surface area is 102 Å². The van der Waals surface area contributed by atoms with Gasteiger partial charge in [-0.1, -0.05) is 0 Å². The van der Waals surface area contributed by atoms with Crippen molar-refractivity contribution < 1.29 is 14.7 Å². The van der Waals surface area contributed by atoms with Crippen LogP contribution in [0, 0.1) is 5.92 Å². The van der Waals surface area contributed by atoms with Gasteiger partial charge in [0, 0.05) is 19.0 Å². The molecule has 0 radical (unpaired) electrons. The van der Waals surface area contributed by atoms with E-state index in [0.717, 1.165) is 0 Å². The number of nitrogens with zero attached hydrogens (tertiary/aromatic N) is 1. The highest BCUT2D eigenvalue weighted by molar-refractivity contribution is 5.89. The Bertz CT molecular complexity index is 313. The third-order valence-electron chi connectivity index (χ3n) is 3.01. The Morgan fingerprint density at radius 2 is 2.18 bits per heavy atom. The lowest BCUT2D eigenvalue weighted by molar-refractivity contribution is -0.130. The molecule has 0 saturated carbocycles. The van der Waals surface area contributed by atoms with Crippen LogP contribution in [-0.4, -0.2) is 46.6 Å². The standard InChI is InChI=1S/C12H22N2O3/c1-8(2)14-6-9(5-10(14)16)11(17)13-12(3,4)7-15/h8-9,15H,5-7H2,1-4H3,(H,13,17). The molecule has 0 spiro atoms. The first kappa shape index (κ1) is 14.0. The molecule has 2 N–H and O–H groups in total. The number of hydrogen-bond acceptors (Lipinski definition) is 3. The fourth-order valence-electron chi connectivity index (χ4n) is 1.88. The summed E-state index contributed by atoms with van der Waals surface area (Å²) in [5, 5.41) is 11.8. The van der Waals surface area contributed by atoms with Crippen LogP contribution >= 0.6 is 0 Å². The van der Waals surface area contributed by atoms with Gasteiger partial charge in [0.1, 0.15) is 0 Å². The monoisotopic (exact) mass is 242 g/mol. The molecule has 0 bridgehead atoms. The number of amides is 2. The molecule has 2 amide bonds. The summed E-state index contributed by atoms with van der Waals surface area (Å²) in [6, 6.07) is 0.131. The Morgan fingerprint density at radius 1 is 1.59 bits per heavy atom. The molecule has 0 aromatic carbocycles. The number of rotatable bonds is 4. The largest absolute Gasteiger partial charge is 0.394 e. The van der Waals surface area contributed by atoms with Gasteiger partial charge in [-0.3, -0.25) is 9.59 Å². The summed E-state index contributed by atoms with van der Waals surface area (Å²) >= 11 is 0. The van der Waals surface area contributed by atoms with E-state index >= 15 is 0 Å². The van der Waals surface area contributed by atoms with Crippen LogP contribution < -0.4 is 5.32 Å². The second-order valence-electron chi connectivity index (χ2n) is 5.57. The fourth-order valence-corrected chi connectivity index (χ4v) is 1.88. The third-order valence-corrected chi connectivity index (χ3v) is 3.01. The molecule has 0 aliphatic carbocycles. The highest BCUT2D eigenvalue weighted by Gasteiger charge is 2.36. The lowest BCUT2D eigenvalue weighted by Crippen LogP contribution is -2.49. The molecule has 1 heterocycles. The van der Waals surface area contributed by atoms with E-state index in [1.807, 2.05) is 13.8 Å². The smallest absolute Gasteiger partial charge is 0.225 e. The van der Waals surface area contributed by atoms with Gasteiger partial charge in [-0.05, 0) is 27.7 Å². The molecule has 1 atom stereocenters. The van der Waals surface area contributed by atoms with Gasteiger partial charge >= 0.3 is 0 Å². The minimum Gasteiger partial charge on any atom is -0.394 e. The van der Waals surface area contributed by atoms with Crippen molar-refractivity contribution in [2.75, 3.05) is 13.2 Å². The predicted octanol–water partition coefficient (Wildman–Crippen LogP) is 0.130. The lowest BCUT2D eigenvalue weighted by Gasteiger charge is -2.26. The number of aliphatic hydroxyl groups is 1. The van der Waals surface area contributed by atoms with Crippen LogP contribution in [0.4, 0.5) is 0 Å². The van der Waals surface area contributed by atoms with Crippen molar-refractivity contribution in [2.24, 2.45) is 5.92 Å². The Morgan fingerprint density at radius 3 is 2.59 bits per heavy atom. The van der Waals surface area contributed by atoms with E-state index in [0.29, 0.717) is 6.54 Å². The summed E-state index contributed by atoms with van der Waals surface area (Å²) in [5.74, 6) is -0.418. The maximum Gasteiger partial charge on any atom is 0.225 e. The molecular weight excluding hydrogens is 220 g/mol. The van der Waals surface area contributed by atoms with Crippen molar-refractivity contribution in [2.45, 2.75) is 45.7 Å². The van der Waals surface area contributed by atoms with Crippen LogP contribution in [0.1, 0.15) is 34.1 Å². The Balaban J connectivity index is 2.59. The topological polar surface area (TPSA) is 69.6 Å². The first-order valence-electron chi connectivity index (χ1n) is 5.99. The summed E-state index contributed by atoms with van der Waals surface area (Å²) in [4.78, 5) is 25.3. The minimum absolute atomic E-state index is 0.0296. The number of nitrogens with one attached hydrogen (secondary N) is 1. The van der Waals surface area contributed by atoms with Gasteiger partial charge in [-0.25, -0.2) is 0 Å². The molecule has 0 aromatic heterocycles. The third kappa shape index (κ3) is 3.43. The summed E-state index contributed by atoms with van der Waals surface area (Å²) in [7, 11) is 0. The number of carbonyl (C=O) groups excluding carboxylic acids is 2. The number of hydrogen-bond donors (Lipinski definition) is 2. The average Bonchev–Trinajstić information content (AvgIpc) is 2.60. The van der Waals surface area contributed by atoms with E-state index in [1.165, 1.54) is 0 Å². The summed E-state index contributed by atoms with van der Waals surface area (Å²) < 4.78 is 0. The molecule has 5 nitrogen and oxygen atoms in total. The molecule has 5 heteroatoms. The molecule has 1 aliphatic heterocycles. The molecule has 1 aliphatic rings. The maximum absolute atomic E-state index is 11.9. The van der Waals surface area contributed by atoms with Crippen LogP contribution in [0.5, 0.6) is 0 Å². The molecule has 1 fully saturated rings. The van der Waals surface area contributed by atoms with Crippen molar-refractivity contribution >= 4 is 11.8 Å². The van der Waals surface area contributed by atoms with Crippen LogP contribution in [0.25, 0.3) is 0 Å². The van der Waals surface area contributed by atoms with Gasteiger partial charge < -0.3 is 15.3 Å². The van der Waals surface area contributed by atoms with Gasteiger partial charge in [-0.15, -0.1) is 0 Å². The molecule has 1 rings (SSSR count).